The quantitative estimate of drug-likeness (QED) is 0.844. The summed E-state index contributed by atoms with van der Waals surface area (Å²) in [5.74, 6) is 1.06. The lowest BCUT2D eigenvalue weighted by atomic mass is 10.0. The number of rotatable bonds is 7. The second-order valence-electron chi connectivity index (χ2n) is 6.50. The summed E-state index contributed by atoms with van der Waals surface area (Å²) in [7, 11) is 1.66. The van der Waals surface area contributed by atoms with Crippen LogP contribution in [0.25, 0.3) is 0 Å². The number of hydrogen-bond donors (Lipinski definition) is 1. The Bertz CT molecular complexity index is 664. The Labute approximate surface area is 149 Å². The molecule has 2 aromatic carbocycles. The monoisotopic (exact) mass is 338 g/mol. The van der Waals surface area contributed by atoms with Crippen molar-refractivity contribution < 1.29 is 9.53 Å². The highest BCUT2D eigenvalue weighted by atomic mass is 16.5. The molecule has 2 aromatic rings. The van der Waals surface area contributed by atoms with Crippen molar-refractivity contribution in [1.82, 2.24) is 10.2 Å². The van der Waals surface area contributed by atoms with E-state index in [1.165, 1.54) is 5.56 Å². The van der Waals surface area contributed by atoms with Crippen LogP contribution in [0.4, 0.5) is 0 Å². The van der Waals surface area contributed by atoms with Crippen LogP contribution in [0.1, 0.15) is 24.0 Å². The molecule has 0 aliphatic carbocycles. The highest BCUT2D eigenvalue weighted by Crippen LogP contribution is 2.14. The smallest absolute Gasteiger partial charge is 0.240 e. The third kappa shape index (κ3) is 4.83. The number of nitrogens with one attached hydrogen (secondary N) is 1. The van der Waals surface area contributed by atoms with Crippen LogP contribution < -0.4 is 10.1 Å². The fourth-order valence-corrected chi connectivity index (χ4v) is 3.24. The number of nitrogens with zero attached hydrogens (tertiary/aromatic N) is 1. The Balaban J connectivity index is 1.67. The lowest BCUT2D eigenvalue weighted by Crippen LogP contribution is -2.46. The van der Waals surface area contributed by atoms with Gasteiger partial charge in [0.1, 0.15) is 5.75 Å². The molecule has 132 valence electrons. The lowest BCUT2D eigenvalue weighted by molar-refractivity contribution is -0.132. The Kier molecular flexibility index (Phi) is 6.07. The van der Waals surface area contributed by atoms with Crippen LogP contribution in [-0.2, 0) is 17.8 Å². The first-order valence-corrected chi connectivity index (χ1v) is 8.95. The van der Waals surface area contributed by atoms with Crippen molar-refractivity contribution in [3.05, 3.63) is 65.7 Å². The molecular formula is C21H26N2O2. The summed E-state index contributed by atoms with van der Waals surface area (Å²) in [5, 5.41) is 3.47. The van der Waals surface area contributed by atoms with Gasteiger partial charge in [0.2, 0.25) is 5.91 Å². The van der Waals surface area contributed by atoms with Crippen molar-refractivity contribution in [3.8, 4) is 5.75 Å². The summed E-state index contributed by atoms with van der Waals surface area (Å²) in [4.78, 5) is 14.9. The van der Waals surface area contributed by atoms with Gasteiger partial charge in [0, 0.05) is 19.6 Å². The Morgan fingerprint density at radius 3 is 2.36 bits per heavy atom. The summed E-state index contributed by atoms with van der Waals surface area (Å²) in [5.41, 5.74) is 2.33. The van der Waals surface area contributed by atoms with Gasteiger partial charge in [-0.05, 0) is 42.5 Å². The minimum absolute atomic E-state index is 0.192. The first-order valence-electron chi connectivity index (χ1n) is 8.95. The molecule has 1 amide bonds. The molecule has 1 atom stereocenters. The molecule has 1 fully saturated rings. The van der Waals surface area contributed by atoms with Crippen molar-refractivity contribution in [3.63, 3.8) is 0 Å². The molecule has 1 aliphatic heterocycles. The predicted octanol–water partition coefficient (Wildman–Crippen LogP) is 3.02. The standard InChI is InChI=1S/C21H26N2O2/c1-25-19-11-9-18(10-12-19)16-22-20(15-17-7-3-2-4-8-17)21(24)23-13-5-6-14-23/h2-4,7-12,20,22H,5-6,13-16H2,1H3/t20-/m1/s1. The molecular weight excluding hydrogens is 312 g/mol. The molecule has 1 saturated heterocycles. The first-order chi connectivity index (χ1) is 12.3. The fraction of sp³-hybridized carbons (Fsp3) is 0.381. The summed E-state index contributed by atoms with van der Waals surface area (Å²) in [6.07, 6.45) is 2.94. The maximum Gasteiger partial charge on any atom is 0.240 e. The van der Waals surface area contributed by atoms with Gasteiger partial charge in [-0.25, -0.2) is 0 Å². The zero-order valence-corrected chi connectivity index (χ0v) is 14.8. The van der Waals surface area contributed by atoms with Crippen molar-refractivity contribution in [2.75, 3.05) is 20.2 Å². The van der Waals surface area contributed by atoms with E-state index in [1.54, 1.807) is 7.11 Å². The van der Waals surface area contributed by atoms with E-state index in [4.69, 9.17) is 4.74 Å². The lowest BCUT2D eigenvalue weighted by Gasteiger charge is -2.24. The number of likely N-dealkylation sites (tertiary alicyclic amines) is 1. The summed E-state index contributed by atoms with van der Waals surface area (Å²) >= 11 is 0. The van der Waals surface area contributed by atoms with E-state index >= 15 is 0 Å². The van der Waals surface area contributed by atoms with Gasteiger partial charge in [-0.15, -0.1) is 0 Å². The summed E-state index contributed by atoms with van der Waals surface area (Å²) in [6, 6.07) is 18.0. The summed E-state index contributed by atoms with van der Waals surface area (Å²) < 4.78 is 5.20. The number of benzene rings is 2. The van der Waals surface area contributed by atoms with Gasteiger partial charge < -0.3 is 15.0 Å². The Morgan fingerprint density at radius 2 is 1.72 bits per heavy atom. The van der Waals surface area contributed by atoms with E-state index < -0.39 is 0 Å². The third-order valence-electron chi connectivity index (χ3n) is 4.71. The van der Waals surface area contributed by atoms with Crippen molar-refractivity contribution in [2.24, 2.45) is 0 Å². The molecule has 4 nitrogen and oxygen atoms in total. The van der Waals surface area contributed by atoms with E-state index in [-0.39, 0.29) is 11.9 Å². The zero-order valence-electron chi connectivity index (χ0n) is 14.8. The minimum atomic E-state index is -0.192. The van der Waals surface area contributed by atoms with E-state index in [1.807, 2.05) is 47.4 Å². The normalized spacial score (nSPS) is 15.2. The Hall–Kier alpha value is -2.33. The van der Waals surface area contributed by atoms with Crippen LogP contribution in [0.3, 0.4) is 0 Å². The number of methoxy groups -OCH3 is 1. The van der Waals surface area contributed by atoms with Crippen LogP contribution in [-0.4, -0.2) is 37.0 Å². The van der Waals surface area contributed by atoms with Gasteiger partial charge in [0.25, 0.3) is 0 Å². The van der Waals surface area contributed by atoms with Gasteiger partial charge in [-0.2, -0.15) is 0 Å². The van der Waals surface area contributed by atoms with Crippen LogP contribution in [0.2, 0.25) is 0 Å². The van der Waals surface area contributed by atoms with Crippen molar-refractivity contribution >= 4 is 5.91 Å². The predicted molar refractivity (Wildman–Crippen MR) is 99.6 cm³/mol. The fourth-order valence-electron chi connectivity index (χ4n) is 3.24. The molecule has 3 rings (SSSR count). The highest BCUT2D eigenvalue weighted by molar-refractivity contribution is 5.82. The van der Waals surface area contributed by atoms with Crippen molar-refractivity contribution in [1.29, 1.82) is 0 Å². The Morgan fingerprint density at radius 1 is 1.04 bits per heavy atom. The van der Waals surface area contributed by atoms with E-state index in [2.05, 4.69) is 17.4 Å². The topological polar surface area (TPSA) is 41.6 Å². The zero-order chi connectivity index (χ0) is 17.5. The van der Waals surface area contributed by atoms with Gasteiger partial charge in [-0.1, -0.05) is 42.5 Å². The molecule has 0 unspecified atom stereocenters. The molecule has 0 spiro atoms. The maximum absolute atomic E-state index is 12.9. The highest BCUT2D eigenvalue weighted by Gasteiger charge is 2.26. The van der Waals surface area contributed by atoms with Gasteiger partial charge in [-0.3, -0.25) is 4.79 Å². The molecule has 0 bridgehead atoms. The van der Waals surface area contributed by atoms with Gasteiger partial charge in [0.05, 0.1) is 13.2 Å². The molecule has 25 heavy (non-hydrogen) atoms. The SMILES string of the molecule is COc1ccc(CN[C@H](Cc2ccccc2)C(=O)N2CCCC2)cc1. The molecule has 0 saturated carbocycles. The van der Waals surface area contributed by atoms with E-state index in [9.17, 15) is 4.79 Å². The average Bonchev–Trinajstić information content (AvgIpc) is 3.20. The van der Waals surface area contributed by atoms with E-state index in [0.717, 1.165) is 37.2 Å². The van der Waals surface area contributed by atoms with E-state index in [0.29, 0.717) is 13.0 Å². The number of amides is 1. The van der Waals surface area contributed by atoms with Gasteiger partial charge in [0.15, 0.2) is 0 Å². The van der Waals surface area contributed by atoms with Crippen LogP contribution in [0.15, 0.2) is 54.6 Å². The molecule has 1 aliphatic rings. The number of hydrogen-bond acceptors (Lipinski definition) is 3. The molecule has 1 heterocycles. The molecule has 1 N–H and O–H groups in total. The largest absolute Gasteiger partial charge is 0.497 e. The second kappa shape index (κ2) is 8.67. The van der Waals surface area contributed by atoms with Gasteiger partial charge >= 0.3 is 0 Å². The number of carbonyl (C=O) groups excluding carboxylic acids is 1. The van der Waals surface area contributed by atoms with Crippen molar-refractivity contribution in [2.45, 2.75) is 31.8 Å². The minimum Gasteiger partial charge on any atom is -0.497 e. The molecule has 0 radical (unpaired) electrons. The first kappa shape index (κ1) is 17.5. The second-order valence-corrected chi connectivity index (χ2v) is 6.50. The molecule has 0 aromatic heterocycles. The third-order valence-corrected chi connectivity index (χ3v) is 4.71. The summed E-state index contributed by atoms with van der Waals surface area (Å²) in [6.45, 7) is 2.43. The van der Waals surface area contributed by atoms with Crippen LogP contribution in [0.5, 0.6) is 5.75 Å². The average molecular weight is 338 g/mol. The van der Waals surface area contributed by atoms with Crippen LogP contribution in [0, 0.1) is 0 Å². The number of carbonyl (C=O) groups is 1. The number of ether oxygens (including phenoxy) is 1. The molecule has 4 heteroatoms. The van der Waals surface area contributed by atoms with Crippen LogP contribution >= 0.6 is 0 Å². The maximum atomic E-state index is 12.9.